The maximum atomic E-state index is 14.5. The van der Waals surface area contributed by atoms with Crippen LogP contribution in [0, 0.1) is 5.82 Å². The maximum absolute atomic E-state index is 14.5. The molecule has 1 aliphatic heterocycles. The first-order valence-corrected chi connectivity index (χ1v) is 10.9. The van der Waals surface area contributed by atoms with Crippen LogP contribution < -0.4 is 10.9 Å². The average Bonchev–Trinajstić information content (AvgIpc) is 2.69. The number of ether oxygens (including phenoxy) is 1. The van der Waals surface area contributed by atoms with Gasteiger partial charge in [-0.3, -0.25) is 4.79 Å². The van der Waals surface area contributed by atoms with E-state index in [1.165, 1.54) is 25.3 Å². The van der Waals surface area contributed by atoms with E-state index >= 15 is 0 Å². The predicted octanol–water partition coefficient (Wildman–Crippen LogP) is 4.22. The molecular formula is C20H26FN3O2S. The Morgan fingerprint density at radius 3 is 2.74 bits per heavy atom. The number of anilines is 1. The lowest BCUT2D eigenvalue weighted by Crippen LogP contribution is -2.23. The molecule has 0 unspecified atom stereocenters. The monoisotopic (exact) mass is 391 g/mol. The van der Waals surface area contributed by atoms with Gasteiger partial charge >= 0.3 is 0 Å². The minimum Gasteiger partial charge on any atom is -0.381 e. The van der Waals surface area contributed by atoms with Gasteiger partial charge in [-0.2, -0.15) is 11.8 Å². The topological polar surface area (TPSA) is 67.0 Å². The van der Waals surface area contributed by atoms with Crippen molar-refractivity contribution in [1.29, 1.82) is 0 Å². The highest BCUT2D eigenvalue weighted by Crippen LogP contribution is 2.27. The maximum Gasteiger partial charge on any atom is 0.258 e. The fourth-order valence-electron chi connectivity index (χ4n) is 3.89. The first-order chi connectivity index (χ1) is 13.2. The lowest BCUT2D eigenvalue weighted by Gasteiger charge is -2.24. The third-order valence-electron chi connectivity index (χ3n) is 5.43. The second-order valence-electron chi connectivity index (χ2n) is 7.46. The van der Waals surface area contributed by atoms with Crippen molar-refractivity contribution in [2.24, 2.45) is 0 Å². The summed E-state index contributed by atoms with van der Waals surface area (Å²) < 4.78 is 19.9. The fraction of sp³-hybridized carbons (Fsp3) is 0.600. The first kappa shape index (κ1) is 18.7. The van der Waals surface area contributed by atoms with Crippen molar-refractivity contribution < 1.29 is 9.13 Å². The summed E-state index contributed by atoms with van der Waals surface area (Å²) in [5, 5.41) is 4.16. The molecule has 1 saturated carbocycles. The van der Waals surface area contributed by atoms with Crippen LogP contribution in [0.25, 0.3) is 10.9 Å². The van der Waals surface area contributed by atoms with Gasteiger partial charge in [0, 0.05) is 24.5 Å². The predicted molar refractivity (Wildman–Crippen MR) is 108 cm³/mol. The van der Waals surface area contributed by atoms with E-state index in [0.29, 0.717) is 39.5 Å². The molecule has 27 heavy (non-hydrogen) atoms. The van der Waals surface area contributed by atoms with Gasteiger partial charge in [-0.05, 0) is 37.8 Å². The summed E-state index contributed by atoms with van der Waals surface area (Å²) in [6.45, 7) is 1.60. The molecule has 0 spiro atoms. The Kier molecular flexibility index (Phi) is 5.98. The number of hydrogen-bond acceptors (Lipinski definition) is 5. The van der Waals surface area contributed by atoms with Gasteiger partial charge in [0.05, 0.1) is 22.3 Å². The van der Waals surface area contributed by atoms with Gasteiger partial charge in [-0.1, -0.05) is 19.3 Å². The molecular weight excluding hydrogens is 365 g/mol. The molecule has 2 heterocycles. The van der Waals surface area contributed by atoms with Crippen LogP contribution in [0.5, 0.6) is 0 Å². The molecule has 2 fully saturated rings. The molecule has 5 nitrogen and oxygen atoms in total. The van der Waals surface area contributed by atoms with Crippen LogP contribution in [0.1, 0.15) is 50.8 Å². The summed E-state index contributed by atoms with van der Waals surface area (Å²) in [6.07, 6.45) is 7.80. The lowest BCUT2D eigenvalue weighted by molar-refractivity contribution is 0.1000. The van der Waals surface area contributed by atoms with Crippen molar-refractivity contribution in [3.63, 3.8) is 0 Å². The molecule has 1 aliphatic carbocycles. The van der Waals surface area contributed by atoms with Crippen LogP contribution in [0.4, 0.5) is 10.1 Å². The van der Waals surface area contributed by atoms with E-state index in [-0.39, 0.29) is 11.4 Å². The molecule has 0 bridgehead atoms. The first-order valence-electron chi connectivity index (χ1n) is 9.87. The van der Waals surface area contributed by atoms with Crippen LogP contribution >= 0.6 is 11.8 Å². The quantitative estimate of drug-likeness (QED) is 0.799. The van der Waals surface area contributed by atoms with Gasteiger partial charge in [0.25, 0.3) is 5.56 Å². The Labute approximate surface area is 162 Å². The van der Waals surface area contributed by atoms with Gasteiger partial charge in [0.2, 0.25) is 0 Å². The minimum absolute atomic E-state index is 0.273. The molecule has 1 aromatic carbocycles. The van der Waals surface area contributed by atoms with Crippen LogP contribution in [0.2, 0.25) is 0 Å². The zero-order valence-corrected chi connectivity index (χ0v) is 16.2. The Hall–Kier alpha value is -1.60. The molecule has 0 amide bonds. The van der Waals surface area contributed by atoms with E-state index in [1.807, 2.05) is 0 Å². The van der Waals surface area contributed by atoms with Gasteiger partial charge < -0.3 is 15.0 Å². The van der Waals surface area contributed by atoms with Gasteiger partial charge in [0.15, 0.2) is 0 Å². The number of hydrogen-bond donors (Lipinski definition) is 2. The molecule has 2 aliphatic rings. The highest BCUT2D eigenvalue weighted by Gasteiger charge is 2.18. The molecule has 4 rings (SSSR count). The molecule has 0 radical (unpaired) electrons. The lowest BCUT2D eigenvalue weighted by atomic mass is 9.95. The summed E-state index contributed by atoms with van der Waals surface area (Å²) in [4.78, 5) is 19.8. The minimum atomic E-state index is -0.385. The van der Waals surface area contributed by atoms with Gasteiger partial charge in [-0.15, -0.1) is 0 Å². The number of nitrogens with one attached hydrogen (secondary N) is 2. The van der Waals surface area contributed by atoms with E-state index in [9.17, 15) is 9.18 Å². The van der Waals surface area contributed by atoms with E-state index in [0.717, 1.165) is 38.9 Å². The summed E-state index contributed by atoms with van der Waals surface area (Å²) in [6, 6.07) is 3.30. The van der Waals surface area contributed by atoms with Gasteiger partial charge in [0.1, 0.15) is 11.6 Å². The van der Waals surface area contributed by atoms with Crippen LogP contribution in [0.3, 0.4) is 0 Å². The second-order valence-corrected chi connectivity index (χ2v) is 8.75. The Morgan fingerprint density at radius 1 is 1.19 bits per heavy atom. The molecule has 7 heteroatoms. The summed E-state index contributed by atoms with van der Waals surface area (Å²) in [5.74, 6) is 0.919. The van der Waals surface area contributed by atoms with Crippen LogP contribution in [0.15, 0.2) is 16.9 Å². The standard InChI is InChI=1S/C20H26FN3O2S/c21-16-10-15-17(11-18(16)22-13-4-2-1-3-5-13)23-19(24-20(15)25)12-27-14-6-8-26-9-7-14/h10-11,13-14,22H,1-9,12H2,(H,23,24,25). The third kappa shape index (κ3) is 4.63. The fourth-order valence-corrected chi connectivity index (χ4v) is 4.95. The number of thioether (sulfide) groups is 1. The molecule has 2 N–H and O–H groups in total. The number of aromatic amines is 1. The number of fused-ring (bicyclic) bond motifs is 1. The highest BCUT2D eigenvalue weighted by molar-refractivity contribution is 7.99. The highest BCUT2D eigenvalue weighted by atomic mass is 32.2. The number of rotatable bonds is 5. The summed E-state index contributed by atoms with van der Waals surface area (Å²) in [7, 11) is 0. The van der Waals surface area contributed by atoms with Crippen molar-refractivity contribution >= 4 is 28.4 Å². The third-order valence-corrected chi connectivity index (χ3v) is 6.82. The van der Waals surface area contributed by atoms with Crippen molar-refractivity contribution in [2.75, 3.05) is 18.5 Å². The van der Waals surface area contributed by atoms with Crippen molar-refractivity contribution in [1.82, 2.24) is 9.97 Å². The molecule has 0 atom stereocenters. The van der Waals surface area contributed by atoms with Crippen LogP contribution in [-0.2, 0) is 10.5 Å². The molecule has 2 aromatic rings. The zero-order valence-electron chi connectivity index (χ0n) is 15.4. The van der Waals surface area contributed by atoms with E-state index < -0.39 is 0 Å². The smallest absolute Gasteiger partial charge is 0.258 e. The van der Waals surface area contributed by atoms with E-state index in [1.54, 1.807) is 17.8 Å². The number of H-pyrrole nitrogens is 1. The number of benzene rings is 1. The Balaban J connectivity index is 1.53. The Morgan fingerprint density at radius 2 is 1.96 bits per heavy atom. The number of halogens is 1. The SMILES string of the molecule is O=c1[nH]c(CSC2CCOCC2)nc2cc(NC3CCCCC3)c(F)cc12. The van der Waals surface area contributed by atoms with E-state index in [4.69, 9.17) is 4.74 Å². The average molecular weight is 392 g/mol. The summed E-state index contributed by atoms with van der Waals surface area (Å²) in [5.41, 5.74) is 0.738. The normalized spacial score (nSPS) is 19.4. The number of nitrogens with zero attached hydrogens (tertiary/aromatic N) is 1. The Bertz CT molecular complexity index is 845. The number of aromatic nitrogens is 2. The van der Waals surface area contributed by atoms with Crippen molar-refractivity contribution in [2.45, 2.75) is 62.0 Å². The van der Waals surface area contributed by atoms with Crippen LogP contribution in [-0.4, -0.2) is 34.5 Å². The van der Waals surface area contributed by atoms with Crippen molar-refractivity contribution in [3.8, 4) is 0 Å². The van der Waals surface area contributed by atoms with E-state index in [2.05, 4.69) is 15.3 Å². The second kappa shape index (κ2) is 8.61. The largest absolute Gasteiger partial charge is 0.381 e. The zero-order chi connectivity index (χ0) is 18.6. The summed E-state index contributed by atoms with van der Waals surface area (Å²) >= 11 is 1.80. The molecule has 1 aromatic heterocycles. The van der Waals surface area contributed by atoms with Crippen molar-refractivity contribution in [3.05, 3.63) is 34.1 Å². The molecule has 146 valence electrons. The molecule has 1 saturated heterocycles. The van der Waals surface area contributed by atoms with Gasteiger partial charge in [-0.25, -0.2) is 9.37 Å².